The number of hydrogen-bond acceptors (Lipinski definition) is 4. The smallest absolute Gasteiger partial charge is 0.243 e. The fourth-order valence-electron chi connectivity index (χ4n) is 3.90. The Morgan fingerprint density at radius 2 is 1.72 bits per heavy atom. The van der Waals surface area contributed by atoms with Crippen molar-refractivity contribution < 1.29 is 19.1 Å². The summed E-state index contributed by atoms with van der Waals surface area (Å²) in [4.78, 5) is 39.8. The van der Waals surface area contributed by atoms with Crippen molar-refractivity contribution in [1.82, 2.24) is 10.2 Å². The van der Waals surface area contributed by atoms with Crippen LogP contribution in [0.4, 0.5) is 0 Å². The third kappa shape index (κ3) is 4.99. The summed E-state index contributed by atoms with van der Waals surface area (Å²) in [5.74, 6) is -0.593. The number of carbonyl (C=O) groups excluding carboxylic acids is 3. The number of carbonyl (C=O) groups is 3. The van der Waals surface area contributed by atoms with Crippen LogP contribution in [0, 0.1) is 17.8 Å². The van der Waals surface area contributed by atoms with Crippen LogP contribution in [0.3, 0.4) is 0 Å². The molecule has 0 aromatic heterocycles. The molecule has 0 bridgehead atoms. The summed E-state index contributed by atoms with van der Waals surface area (Å²) in [7, 11) is 0. The molecule has 1 fully saturated rings. The normalized spacial score (nSPS) is 22.0. The molecular weight excluding hydrogens is 392 g/mol. The monoisotopic (exact) mass is 418 g/mol. The van der Waals surface area contributed by atoms with Gasteiger partial charge in [0.15, 0.2) is 0 Å². The molecule has 7 heteroatoms. The van der Waals surface area contributed by atoms with Crippen molar-refractivity contribution in [3.05, 3.63) is 41.4 Å². The van der Waals surface area contributed by atoms with E-state index in [4.69, 9.17) is 16.3 Å². The zero-order valence-electron chi connectivity index (χ0n) is 16.8. The summed E-state index contributed by atoms with van der Waals surface area (Å²) in [6, 6.07) is 6.18. The summed E-state index contributed by atoms with van der Waals surface area (Å²) in [5, 5.41) is 3.44. The number of likely N-dealkylation sites (tertiary alicyclic amines) is 1. The van der Waals surface area contributed by atoms with E-state index < -0.39 is 6.04 Å². The van der Waals surface area contributed by atoms with Gasteiger partial charge in [-0.25, -0.2) is 0 Å². The molecule has 1 aliphatic heterocycles. The topological polar surface area (TPSA) is 75.7 Å². The number of imide groups is 1. The van der Waals surface area contributed by atoms with Gasteiger partial charge < -0.3 is 10.1 Å². The Morgan fingerprint density at radius 1 is 1.14 bits per heavy atom. The summed E-state index contributed by atoms with van der Waals surface area (Å²) in [5.41, 5.74) is 0. The van der Waals surface area contributed by atoms with Crippen LogP contribution in [0.25, 0.3) is 0 Å². The van der Waals surface area contributed by atoms with Gasteiger partial charge >= 0.3 is 0 Å². The Kier molecular flexibility index (Phi) is 6.96. The summed E-state index contributed by atoms with van der Waals surface area (Å²) >= 11 is 5.85. The lowest BCUT2D eigenvalue weighted by Crippen LogP contribution is -2.51. The van der Waals surface area contributed by atoms with E-state index in [0.29, 0.717) is 30.0 Å². The molecule has 0 radical (unpaired) electrons. The second-order valence-electron chi connectivity index (χ2n) is 7.94. The fourth-order valence-corrected chi connectivity index (χ4v) is 4.03. The Hall–Kier alpha value is -2.34. The molecule has 3 unspecified atom stereocenters. The lowest BCUT2D eigenvalue weighted by atomic mass is 9.85. The zero-order chi connectivity index (χ0) is 21.0. The number of nitrogens with one attached hydrogen (secondary N) is 1. The molecule has 2 aliphatic rings. The van der Waals surface area contributed by atoms with E-state index in [0.717, 1.165) is 0 Å². The number of halogens is 1. The van der Waals surface area contributed by atoms with Crippen LogP contribution in [-0.2, 0) is 14.4 Å². The first-order valence-corrected chi connectivity index (χ1v) is 10.4. The van der Waals surface area contributed by atoms with Crippen molar-refractivity contribution in [2.45, 2.75) is 39.2 Å². The molecule has 1 aromatic rings. The number of nitrogens with zero attached hydrogens (tertiary/aromatic N) is 1. The number of ether oxygens (including phenoxy) is 1. The molecule has 1 aromatic carbocycles. The van der Waals surface area contributed by atoms with E-state index in [9.17, 15) is 14.4 Å². The first-order valence-electron chi connectivity index (χ1n) is 10.1. The lowest BCUT2D eigenvalue weighted by molar-refractivity contribution is -0.148. The minimum absolute atomic E-state index is 0.164. The maximum Gasteiger partial charge on any atom is 0.243 e. The number of rotatable bonds is 8. The molecular formula is C22H27ClN2O4. The predicted molar refractivity (Wildman–Crippen MR) is 110 cm³/mol. The van der Waals surface area contributed by atoms with Crippen molar-refractivity contribution in [1.29, 1.82) is 0 Å². The highest BCUT2D eigenvalue weighted by Crippen LogP contribution is 2.37. The third-order valence-electron chi connectivity index (χ3n) is 5.33. The maximum absolute atomic E-state index is 12.9. The SMILES string of the molecule is CC(C)CC(C(=O)NCCOc1ccc(Cl)cc1)N1C(=O)C2CC=CCC2C1=O. The second kappa shape index (κ2) is 9.44. The second-order valence-corrected chi connectivity index (χ2v) is 8.38. The maximum atomic E-state index is 12.9. The summed E-state index contributed by atoms with van der Waals surface area (Å²) in [6.07, 6.45) is 5.46. The third-order valence-corrected chi connectivity index (χ3v) is 5.59. The Balaban J connectivity index is 1.60. The van der Waals surface area contributed by atoms with Crippen molar-refractivity contribution >= 4 is 29.3 Å². The van der Waals surface area contributed by atoms with E-state index in [1.54, 1.807) is 24.3 Å². The Bertz CT molecular complexity index is 765. The lowest BCUT2D eigenvalue weighted by Gasteiger charge is -2.27. The molecule has 0 spiro atoms. The largest absolute Gasteiger partial charge is 0.492 e. The van der Waals surface area contributed by atoms with E-state index >= 15 is 0 Å². The van der Waals surface area contributed by atoms with Gasteiger partial charge in [0.25, 0.3) is 0 Å². The number of benzene rings is 1. The average Bonchev–Trinajstić information content (AvgIpc) is 2.95. The van der Waals surface area contributed by atoms with E-state index in [2.05, 4.69) is 5.32 Å². The molecule has 3 rings (SSSR count). The van der Waals surface area contributed by atoms with Gasteiger partial charge in [0.1, 0.15) is 18.4 Å². The molecule has 0 saturated carbocycles. The zero-order valence-corrected chi connectivity index (χ0v) is 17.5. The number of hydrogen-bond donors (Lipinski definition) is 1. The molecule has 1 heterocycles. The molecule has 156 valence electrons. The Labute approximate surface area is 176 Å². The van der Waals surface area contributed by atoms with Crippen LogP contribution in [0.5, 0.6) is 5.75 Å². The van der Waals surface area contributed by atoms with Crippen LogP contribution in [0.1, 0.15) is 33.1 Å². The molecule has 1 aliphatic carbocycles. The highest BCUT2D eigenvalue weighted by Gasteiger charge is 2.51. The van der Waals surface area contributed by atoms with Gasteiger partial charge in [0.2, 0.25) is 17.7 Å². The van der Waals surface area contributed by atoms with Gasteiger partial charge in [0.05, 0.1) is 18.4 Å². The number of fused-ring (bicyclic) bond motifs is 1. The predicted octanol–water partition coefficient (Wildman–Crippen LogP) is 3.20. The minimum Gasteiger partial charge on any atom is -0.492 e. The Morgan fingerprint density at radius 3 is 2.28 bits per heavy atom. The highest BCUT2D eigenvalue weighted by atomic mass is 35.5. The molecule has 6 nitrogen and oxygen atoms in total. The van der Waals surface area contributed by atoms with Crippen molar-refractivity contribution in [2.24, 2.45) is 17.8 Å². The van der Waals surface area contributed by atoms with Crippen LogP contribution in [0.15, 0.2) is 36.4 Å². The number of allylic oxidation sites excluding steroid dienone is 2. The van der Waals surface area contributed by atoms with Crippen LogP contribution in [0.2, 0.25) is 5.02 Å². The van der Waals surface area contributed by atoms with E-state index in [1.807, 2.05) is 26.0 Å². The molecule has 3 atom stereocenters. The van der Waals surface area contributed by atoms with Crippen molar-refractivity contribution in [2.75, 3.05) is 13.2 Å². The van der Waals surface area contributed by atoms with Gasteiger partial charge in [-0.15, -0.1) is 0 Å². The van der Waals surface area contributed by atoms with E-state index in [1.165, 1.54) is 4.90 Å². The fraction of sp³-hybridized carbons (Fsp3) is 0.500. The van der Waals surface area contributed by atoms with Gasteiger partial charge in [-0.3, -0.25) is 19.3 Å². The summed E-state index contributed by atoms with van der Waals surface area (Å²) in [6.45, 7) is 4.51. The molecule has 1 N–H and O–H groups in total. The van der Waals surface area contributed by atoms with Crippen molar-refractivity contribution in [3.63, 3.8) is 0 Å². The first kappa shape index (κ1) is 21.4. The van der Waals surface area contributed by atoms with Gasteiger partial charge in [-0.1, -0.05) is 37.6 Å². The summed E-state index contributed by atoms with van der Waals surface area (Å²) < 4.78 is 5.59. The van der Waals surface area contributed by atoms with Crippen molar-refractivity contribution in [3.8, 4) is 5.75 Å². The number of amides is 3. The van der Waals surface area contributed by atoms with Gasteiger partial charge in [-0.2, -0.15) is 0 Å². The van der Waals surface area contributed by atoms with Gasteiger partial charge in [0, 0.05) is 5.02 Å². The van der Waals surface area contributed by atoms with E-state index in [-0.39, 0.29) is 48.6 Å². The average molecular weight is 419 g/mol. The standard InChI is InChI=1S/C22H27ClN2O4/c1-14(2)13-19(25-21(27)17-5-3-4-6-18(17)22(25)28)20(26)24-11-12-29-16-9-7-15(23)8-10-16/h3-4,7-10,14,17-19H,5-6,11-13H2,1-2H3,(H,24,26). The molecule has 29 heavy (non-hydrogen) atoms. The molecule has 1 saturated heterocycles. The highest BCUT2D eigenvalue weighted by molar-refractivity contribution is 6.30. The van der Waals surface area contributed by atoms with Gasteiger partial charge in [-0.05, 0) is 49.4 Å². The van der Waals surface area contributed by atoms with Crippen LogP contribution in [-0.4, -0.2) is 41.8 Å². The molecule has 3 amide bonds. The van der Waals surface area contributed by atoms with Crippen LogP contribution >= 0.6 is 11.6 Å². The quantitative estimate of drug-likeness (QED) is 0.399. The first-order chi connectivity index (χ1) is 13.9. The minimum atomic E-state index is -0.781. The van der Waals surface area contributed by atoms with Crippen LogP contribution < -0.4 is 10.1 Å².